The third kappa shape index (κ3) is 5.47. The SMILES string of the molecule is CCN(C)Cc1cccc(CNC(=NC)N2CCN(c3cccs3)CC2)c1. The Morgan fingerprint density at radius 3 is 2.59 bits per heavy atom. The van der Waals surface area contributed by atoms with E-state index in [1.807, 2.05) is 18.4 Å². The number of thiophene rings is 1. The van der Waals surface area contributed by atoms with Crippen LogP contribution in [0.3, 0.4) is 0 Å². The molecule has 1 N–H and O–H groups in total. The van der Waals surface area contributed by atoms with Crippen LogP contribution in [0.1, 0.15) is 18.1 Å². The van der Waals surface area contributed by atoms with Crippen LogP contribution in [-0.2, 0) is 13.1 Å². The van der Waals surface area contributed by atoms with E-state index in [1.165, 1.54) is 16.1 Å². The quantitative estimate of drug-likeness (QED) is 0.612. The fraction of sp³-hybridized carbons (Fsp3) is 0.476. The van der Waals surface area contributed by atoms with Crippen molar-refractivity contribution in [2.75, 3.05) is 51.7 Å². The van der Waals surface area contributed by atoms with Gasteiger partial charge in [0.1, 0.15) is 0 Å². The summed E-state index contributed by atoms with van der Waals surface area (Å²) in [4.78, 5) is 11.6. The predicted molar refractivity (Wildman–Crippen MR) is 117 cm³/mol. The monoisotopic (exact) mass is 385 g/mol. The lowest BCUT2D eigenvalue weighted by Crippen LogP contribution is -2.52. The second-order valence-corrected chi connectivity index (χ2v) is 7.90. The highest BCUT2D eigenvalue weighted by molar-refractivity contribution is 7.14. The van der Waals surface area contributed by atoms with Gasteiger partial charge in [0.25, 0.3) is 0 Å². The second kappa shape index (κ2) is 9.76. The average Bonchev–Trinajstić information content (AvgIpc) is 3.24. The molecule has 1 aliphatic rings. The zero-order valence-corrected chi connectivity index (χ0v) is 17.5. The first-order chi connectivity index (χ1) is 13.2. The molecule has 0 unspecified atom stereocenters. The number of aliphatic imine (C=N–C) groups is 1. The van der Waals surface area contributed by atoms with E-state index in [0.29, 0.717) is 0 Å². The van der Waals surface area contributed by atoms with Crippen LogP contribution in [0.5, 0.6) is 0 Å². The molecule has 5 nitrogen and oxygen atoms in total. The Balaban J connectivity index is 1.52. The van der Waals surface area contributed by atoms with Crippen molar-refractivity contribution in [3.8, 4) is 0 Å². The number of anilines is 1. The maximum Gasteiger partial charge on any atom is 0.194 e. The van der Waals surface area contributed by atoms with Gasteiger partial charge in [-0.3, -0.25) is 4.99 Å². The molecule has 1 saturated heterocycles. The molecular formula is C21H31N5S. The lowest BCUT2D eigenvalue weighted by molar-refractivity contribution is 0.345. The Morgan fingerprint density at radius 2 is 1.93 bits per heavy atom. The zero-order chi connectivity index (χ0) is 19.1. The highest BCUT2D eigenvalue weighted by atomic mass is 32.1. The summed E-state index contributed by atoms with van der Waals surface area (Å²) in [6, 6.07) is 13.2. The molecule has 0 aliphatic carbocycles. The minimum Gasteiger partial charge on any atom is -0.360 e. The van der Waals surface area contributed by atoms with E-state index < -0.39 is 0 Å². The van der Waals surface area contributed by atoms with Crippen LogP contribution in [-0.4, -0.2) is 62.6 Å². The Hall–Kier alpha value is -2.05. The molecule has 6 heteroatoms. The molecule has 0 spiro atoms. The first kappa shape index (κ1) is 19.7. The molecule has 1 aliphatic heterocycles. The lowest BCUT2D eigenvalue weighted by atomic mass is 10.1. The maximum atomic E-state index is 4.51. The molecule has 1 aromatic heterocycles. The van der Waals surface area contributed by atoms with Crippen molar-refractivity contribution >= 4 is 22.3 Å². The van der Waals surface area contributed by atoms with Crippen LogP contribution in [0.4, 0.5) is 5.00 Å². The third-order valence-electron chi connectivity index (χ3n) is 5.04. The van der Waals surface area contributed by atoms with Gasteiger partial charge in [-0.15, -0.1) is 11.3 Å². The molecule has 0 amide bonds. The van der Waals surface area contributed by atoms with Gasteiger partial charge < -0.3 is 20.0 Å². The summed E-state index contributed by atoms with van der Waals surface area (Å²) in [5, 5.41) is 7.06. The van der Waals surface area contributed by atoms with Crippen molar-refractivity contribution in [1.82, 2.24) is 15.1 Å². The summed E-state index contributed by atoms with van der Waals surface area (Å²) in [6.45, 7) is 9.13. The van der Waals surface area contributed by atoms with Gasteiger partial charge >= 0.3 is 0 Å². The number of nitrogens with zero attached hydrogens (tertiary/aromatic N) is 4. The largest absolute Gasteiger partial charge is 0.360 e. The summed E-state index contributed by atoms with van der Waals surface area (Å²) < 4.78 is 0. The van der Waals surface area contributed by atoms with Gasteiger partial charge in [-0.2, -0.15) is 0 Å². The van der Waals surface area contributed by atoms with E-state index in [1.54, 1.807) is 0 Å². The molecule has 0 radical (unpaired) electrons. The standard InChI is InChI=1S/C21H31N5S/c1-4-24(3)17-19-8-5-7-18(15-19)16-23-21(22-2)26-12-10-25(11-13-26)20-9-6-14-27-20/h5-9,14-15H,4,10-13,16-17H2,1-3H3,(H,22,23). The first-order valence-corrected chi connectivity index (χ1v) is 10.6. The topological polar surface area (TPSA) is 34.1 Å². The highest BCUT2D eigenvalue weighted by Crippen LogP contribution is 2.22. The van der Waals surface area contributed by atoms with Crippen molar-refractivity contribution in [3.63, 3.8) is 0 Å². The average molecular weight is 386 g/mol. The molecule has 1 fully saturated rings. The van der Waals surface area contributed by atoms with Crippen molar-refractivity contribution in [1.29, 1.82) is 0 Å². The molecule has 0 saturated carbocycles. The van der Waals surface area contributed by atoms with Crippen LogP contribution < -0.4 is 10.2 Å². The highest BCUT2D eigenvalue weighted by Gasteiger charge is 2.20. The minimum absolute atomic E-state index is 0.807. The number of rotatable bonds is 6. The van der Waals surface area contributed by atoms with E-state index in [2.05, 4.69) is 80.8 Å². The van der Waals surface area contributed by atoms with Crippen molar-refractivity contribution < 1.29 is 0 Å². The van der Waals surface area contributed by atoms with Crippen molar-refractivity contribution in [2.24, 2.45) is 4.99 Å². The molecule has 2 heterocycles. The van der Waals surface area contributed by atoms with Gasteiger partial charge in [-0.1, -0.05) is 31.2 Å². The van der Waals surface area contributed by atoms with E-state index in [4.69, 9.17) is 0 Å². The van der Waals surface area contributed by atoms with Gasteiger partial charge in [0.2, 0.25) is 0 Å². The molecule has 27 heavy (non-hydrogen) atoms. The molecule has 0 atom stereocenters. The van der Waals surface area contributed by atoms with Crippen LogP contribution >= 0.6 is 11.3 Å². The number of hydrogen-bond acceptors (Lipinski definition) is 4. The van der Waals surface area contributed by atoms with Crippen LogP contribution in [0.2, 0.25) is 0 Å². The molecule has 0 bridgehead atoms. The zero-order valence-electron chi connectivity index (χ0n) is 16.7. The number of hydrogen-bond donors (Lipinski definition) is 1. The van der Waals surface area contributed by atoms with Crippen molar-refractivity contribution in [3.05, 3.63) is 52.9 Å². The minimum atomic E-state index is 0.807. The number of piperazine rings is 1. The normalized spacial score (nSPS) is 15.5. The van der Waals surface area contributed by atoms with Gasteiger partial charge in [-0.05, 0) is 42.2 Å². The third-order valence-corrected chi connectivity index (χ3v) is 5.97. The number of benzene rings is 1. The molecule has 2 aromatic rings. The van der Waals surface area contributed by atoms with Crippen molar-refractivity contribution in [2.45, 2.75) is 20.0 Å². The molecular weight excluding hydrogens is 354 g/mol. The Labute approximate surface area is 167 Å². The first-order valence-electron chi connectivity index (χ1n) is 9.70. The fourth-order valence-corrected chi connectivity index (χ4v) is 4.15. The van der Waals surface area contributed by atoms with Crippen LogP contribution in [0, 0.1) is 0 Å². The fourth-order valence-electron chi connectivity index (χ4n) is 3.36. The molecule has 3 rings (SSSR count). The second-order valence-electron chi connectivity index (χ2n) is 6.98. The number of guanidine groups is 1. The summed E-state index contributed by atoms with van der Waals surface area (Å²) in [5.74, 6) is 0.997. The number of nitrogens with one attached hydrogen (secondary N) is 1. The summed E-state index contributed by atoms with van der Waals surface area (Å²) in [6.07, 6.45) is 0. The van der Waals surface area contributed by atoms with E-state index in [9.17, 15) is 0 Å². The van der Waals surface area contributed by atoms with Gasteiger partial charge in [0, 0.05) is 46.3 Å². The maximum absolute atomic E-state index is 4.51. The van der Waals surface area contributed by atoms with Gasteiger partial charge in [-0.25, -0.2) is 0 Å². The lowest BCUT2D eigenvalue weighted by Gasteiger charge is -2.37. The Kier molecular flexibility index (Phi) is 7.12. The Bertz CT molecular complexity index is 720. The predicted octanol–water partition coefficient (Wildman–Crippen LogP) is 3.10. The van der Waals surface area contributed by atoms with Gasteiger partial charge in [0.05, 0.1) is 5.00 Å². The smallest absolute Gasteiger partial charge is 0.194 e. The van der Waals surface area contributed by atoms with E-state index >= 15 is 0 Å². The molecule has 146 valence electrons. The van der Waals surface area contributed by atoms with Crippen LogP contribution in [0.15, 0.2) is 46.8 Å². The molecule has 1 aromatic carbocycles. The van der Waals surface area contributed by atoms with E-state index in [-0.39, 0.29) is 0 Å². The summed E-state index contributed by atoms with van der Waals surface area (Å²) in [7, 11) is 4.03. The summed E-state index contributed by atoms with van der Waals surface area (Å²) >= 11 is 1.82. The Morgan fingerprint density at radius 1 is 1.15 bits per heavy atom. The van der Waals surface area contributed by atoms with Gasteiger partial charge in [0.15, 0.2) is 5.96 Å². The van der Waals surface area contributed by atoms with Crippen LogP contribution in [0.25, 0.3) is 0 Å². The van der Waals surface area contributed by atoms with E-state index in [0.717, 1.165) is 51.8 Å². The summed E-state index contributed by atoms with van der Waals surface area (Å²) in [5.41, 5.74) is 2.66.